The van der Waals surface area contributed by atoms with E-state index in [0.29, 0.717) is 31.2 Å². The number of aliphatic imine (C=N–C) groups is 1. The number of likely N-dealkylation sites (tertiary alicyclic amines) is 1. The van der Waals surface area contributed by atoms with Gasteiger partial charge in [-0.1, -0.05) is 6.92 Å². The van der Waals surface area contributed by atoms with Crippen LogP contribution in [-0.4, -0.2) is 55.8 Å². The molecule has 3 rings (SSSR count). The van der Waals surface area contributed by atoms with Crippen LogP contribution in [0.5, 0.6) is 11.5 Å². The summed E-state index contributed by atoms with van der Waals surface area (Å²) in [4.78, 5) is 6.95. The normalized spacial score (nSPS) is 24.1. The van der Waals surface area contributed by atoms with Crippen LogP contribution in [0.4, 0.5) is 0 Å². The zero-order valence-electron chi connectivity index (χ0n) is 18.6. The number of benzene rings is 1. The quantitative estimate of drug-likeness (QED) is 0.345. The van der Waals surface area contributed by atoms with Crippen LogP contribution in [0.2, 0.25) is 0 Å². The number of guanidine groups is 1. The number of hydrogen-bond donors (Lipinski definition) is 2. The predicted octanol–water partition coefficient (Wildman–Crippen LogP) is 3.42. The van der Waals surface area contributed by atoms with Crippen molar-refractivity contribution < 1.29 is 9.47 Å². The maximum Gasteiger partial charge on any atom is 0.191 e. The van der Waals surface area contributed by atoms with Crippen molar-refractivity contribution in [3.63, 3.8) is 0 Å². The Labute approximate surface area is 192 Å². The molecule has 1 aromatic rings. The minimum atomic E-state index is 0. The second-order valence-corrected chi connectivity index (χ2v) is 8.33. The first-order valence-corrected chi connectivity index (χ1v) is 10.6. The van der Waals surface area contributed by atoms with Gasteiger partial charge >= 0.3 is 0 Å². The predicted molar refractivity (Wildman–Crippen MR) is 130 cm³/mol. The van der Waals surface area contributed by atoms with E-state index in [1.165, 1.54) is 5.56 Å². The highest BCUT2D eigenvalue weighted by atomic mass is 127. The largest absolute Gasteiger partial charge is 0.494 e. The van der Waals surface area contributed by atoms with Gasteiger partial charge in [0.25, 0.3) is 0 Å². The number of ether oxygens (including phenoxy) is 2. The molecule has 0 amide bonds. The summed E-state index contributed by atoms with van der Waals surface area (Å²) in [5, 5.41) is 7.07. The molecule has 29 heavy (non-hydrogen) atoms. The lowest BCUT2D eigenvalue weighted by Crippen LogP contribution is -2.46. The maximum absolute atomic E-state index is 5.93. The van der Waals surface area contributed by atoms with Crippen molar-refractivity contribution in [2.24, 2.45) is 10.9 Å². The topological polar surface area (TPSA) is 58.1 Å². The number of hydrogen-bond acceptors (Lipinski definition) is 4. The summed E-state index contributed by atoms with van der Waals surface area (Å²) >= 11 is 0. The van der Waals surface area contributed by atoms with E-state index in [9.17, 15) is 0 Å². The maximum atomic E-state index is 5.93. The van der Waals surface area contributed by atoms with E-state index in [1.807, 2.05) is 14.0 Å². The minimum Gasteiger partial charge on any atom is -0.494 e. The standard InChI is InChI=1S/C22H36N4O2.HI/c1-7-27-20-9-17-8-16(5)28-21(17)10-18(20)11-24-22(23-6)25-19-13-26(14(2)3)12-15(19)4;/h9-10,14-16,19H,7-8,11-13H2,1-6H3,(H2,23,24,25);1H. The lowest BCUT2D eigenvalue weighted by Gasteiger charge is -2.22. The molecule has 3 unspecified atom stereocenters. The monoisotopic (exact) mass is 516 g/mol. The van der Waals surface area contributed by atoms with Crippen LogP contribution >= 0.6 is 24.0 Å². The smallest absolute Gasteiger partial charge is 0.191 e. The van der Waals surface area contributed by atoms with E-state index in [-0.39, 0.29) is 30.1 Å². The molecule has 1 aromatic carbocycles. The van der Waals surface area contributed by atoms with Crippen LogP contribution in [0.3, 0.4) is 0 Å². The number of halogens is 1. The summed E-state index contributed by atoms with van der Waals surface area (Å²) in [6.45, 7) is 14.4. The van der Waals surface area contributed by atoms with Gasteiger partial charge in [0.1, 0.15) is 17.6 Å². The average molecular weight is 516 g/mol. The van der Waals surface area contributed by atoms with Crippen molar-refractivity contribution in [3.05, 3.63) is 23.3 Å². The molecule has 1 saturated heterocycles. The van der Waals surface area contributed by atoms with E-state index in [4.69, 9.17) is 9.47 Å². The van der Waals surface area contributed by atoms with E-state index in [0.717, 1.165) is 42.5 Å². The van der Waals surface area contributed by atoms with Gasteiger partial charge in [-0.05, 0) is 45.7 Å². The van der Waals surface area contributed by atoms with E-state index in [2.05, 4.69) is 60.4 Å². The van der Waals surface area contributed by atoms with Gasteiger partial charge in [-0.15, -0.1) is 24.0 Å². The fraction of sp³-hybridized carbons (Fsp3) is 0.682. The second kappa shape index (κ2) is 10.7. The molecule has 0 spiro atoms. The van der Waals surface area contributed by atoms with Crippen molar-refractivity contribution >= 4 is 29.9 Å². The minimum absolute atomic E-state index is 0. The number of rotatable bonds is 6. The molecule has 2 aliphatic rings. The zero-order valence-corrected chi connectivity index (χ0v) is 20.9. The molecule has 3 atom stereocenters. The van der Waals surface area contributed by atoms with Crippen molar-refractivity contribution in [1.82, 2.24) is 15.5 Å². The van der Waals surface area contributed by atoms with Crippen molar-refractivity contribution in [1.29, 1.82) is 0 Å². The van der Waals surface area contributed by atoms with Crippen molar-refractivity contribution in [2.75, 3.05) is 26.7 Å². The molecule has 0 saturated carbocycles. The molecule has 164 valence electrons. The Hall–Kier alpha value is -1.22. The summed E-state index contributed by atoms with van der Waals surface area (Å²) in [6.07, 6.45) is 1.17. The first kappa shape index (κ1) is 24.1. The van der Waals surface area contributed by atoms with E-state index >= 15 is 0 Å². The first-order valence-electron chi connectivity index (χ1n) is 10.6. The molecule has 7 heteroatoms. The highest BCUT2D eigenvalue weighted by Crippen LogP contribution is 2.35. The second-order valence-electron chi connectivity index (χ2n) is 8.33. The van der Waals surface area contributed by atoms with Gasteiger partial charge < -0.3 is 20.1 Å². The van der Waals surface area contributed by atoms with Gasteiger partial charge in [-0.3, -0.25) is 9.89 Å². The van der Waals surface area contributed by atoms with Crippen LogP contribution < -0.4 is 20.1 Å². The summed E-state index contributed by atoms with van der Waals surface area (Å²) in [5.41, 5.74) is 2.33. The Balaban J connectivity index is 0.00000300. The highest BCUT2D eigenvalue weighted by Gasteiger charge is 2.31. The molecular weight excluding hydrogens is 479 g/mol. The molecule has 2 N–H and O–H groups in total. The molecule has 0 radical (unpaired) electrons. The van der Waals surface area contributed by atoms with Gasteiger partial charge in [-0.25, -0.2) is 0 Å². The Morgan fingerprint density at radius 3 is 2.69 bits per heavy atom. The molecule has 6 nitrogen and oxygen atoms in total. The van der Waals surface area contributed by atoms with Gasteiger partial charge in [0, 0.05) is 56.3 Å². The summed E-state index contributed by atoms with van der Waals surface area (Å²) < 4.78 is 11.8. The number of nitrogens with zero attached hydrogens (tertiary/aromatic N) is 2. The SMILES string of the molecule is CCOc1cc2c(cc1CNC(=NC)NC1CN(C(C)C)CC1C)OC(C)C2.I. The van der Waals surface area contributed by atoms with Crippen molar-refractivity contribution in [3.8, 4) is 11.5 Å². The highest BCUT2D eigenvalue weighted by molar-refractivity contribution is 14.0. The molecule has 2 heterocycles. The van der Waals surface area contributed by atoms with Gasteiger partial charge in [0.2, 0.25) is 0 Å². The van der Waals surface area contributed by atoms with Crippen LogP contribution in [-0.2, 0) is 13.0 Å². The van der Waals surface area contributed by atoms with E-state index < -0.39 is 0 Å². The molecule has 0 aromatic heterocycles. The number of nitrogens with one attached hydrogen (secondary N) is 2. The molecule has 0 bridgehead atoms. The van der Waals surface area contributed by atoms with Crippen LogP contribution in [0, 0.1) is 5.92 Å². The fourth-order valence-corrected chi connectivity index (χ4v) is 4.07. The Bertz CT molecular complexity index is 710. The lowest BCUT2D eigenvalue weighted by molar-refractivity contribution is 0.254. The first-order chi connectivity index (χ1) is 13.4. The van der Waals surface area contributed by atoms with E-state index in [1.54, 1.807) is 0 Å². The average Bonchev–Trinajstić information content (AvgIpc) is 3.20. The Morgan fingerprint density at radius 2 is 2.07 bits per heavy atom. The zero-order chi connectivity index (χ0) is 20.3. The molecule has 2 aliphatic heterocycles. The molecule has 1 fully saturated rings. The lowest BCUT2D eigenvalue weighted by atomic mass is 10.1. The summed E-state index contributed by atoms with van der Waals surface area (Å²) in [6, 6.07) is 5.23. The van der Waals surface area contributed by atoms with Gasteiger partial charge in [0.15, 0.2) is 5.96 Å². The van der Waals surface area contributed by atoms with Gasteiger partial charge in [0.05, 0.1) is 6.61 Å². The third-order valence-electron chi connectivity index (χ3n) is 5.74. The summed E-state index contributed by atoms with van der Waals surface area (Å²) in [5.74, 6) is 3.34. The molecular formula is C22H37IN4O2. The molecule has 0 aliphatic carbocycles. The van der Waals surface area contributed by atoms with Crippen molar-refractivity contribution in [2.45, 2.75) is 65.8 Å². The fourth-order valence-electron chi connectivity index (χ4n) is 4.07. The Morgan fingerprint density at radius 1 is 1.31 bits per heavy atom. The van der Waals surface area contributed by atoms with Crippen LogP contribution in [0.15, 0.2) is 17.1 Å². The van der Waals surface area contributed by atoms with Gasteiger partial charge in [-0.2, -0.15) is 0 Å². The number of fused-ring (bicyclic) bond motifs is 1. The van der Waals surface area contributed by atoms with Crippen LogP contribution in [0.25, 0.3) is 0 Å². The third kappa shape index (κ3) is 5.90. The Kier molecular flexibility index (Phi) is 8.88. The van der Waals surface area contributed by atoms with Crippen LogP contribution in [0.1, 0.15) is 45.7 Å². The summed E-state index contributed by atoms with van der Waals surface area (Å²) in [7, 11) is 1.83. The third-order valence-corrected chi connectivity index (χ3v) is 5.74.